The van der Waals surface area contributed by atoms with Crippen LogP contribution in [0.3, 0.4) is 0 Å². The van der Waals surface area contributed by atoms with Crippen LogP contribution in [-0.2, 0) is 13.6 Å². The molecule has 24 heavy (non-hydrogen) atoms. The normalized spacial score (nSPS) is 17.0. The fourth-order valence-electron chi connectivity index (χ4n) is 2.98. The molecule has 1 unspecified atom stereocenters. The summed E-state index contributed by atoms with van der Waals surface area (Å²) in [5, 5.41) is 11.8. The average molecular weight is 328 g/mol. The van der Waals surface area contributed by atoms with Crippen molar-refractivity contribution >= 4 is 12.0 Å². The highest BCUT2D eigenvalue weighted by molar-refractivity contribution is 5.87. The van der Waals surface area contributed by atoms with Gasteiger partial charge < -0.3 is 19.9 Å². The number of nitrogens with zero attached hydrogens (tertiary/aromatic N) is 3. The Morgan fingerprint density at radius 2 is 2.08 bits per heavy atom. The van der Waals surface area contributed by atoms with Gasteiger partial charge in [-0.1, -0.05) is 12.1 Å². The number of rotatable bonds is 4. The molecule has 2 N–H and O–H groups in total. The summed E-state index contributed by atoms with van der Waals surface area (Å²) in [4.78, 5) is 29.3. The van der Waals surface area contributed by atoms with Crippen molar-refractivity contribution < 1.29 is 14.7 Å². The van der Waals surface area contributed by atoms with Gasteiger partial charge in [-0.15, -0.1) is 0 Å². The maximum Gasteiger partial charge on any atom is 0.335 e. The molecule has 0 spiro atoms. The highest BCUT2D eigenvalue weighted by Gasteiger charge is 2.29. The van der Waals surface area contributed by atoms with Gasteiger partial charge in [-0.05, 0) is 24.1 Å². The van der Waals surface area contributed by atoms with E-state index in [1.807, 2.05) is 17.8 Å². The molecule has 0 bridgehead atoms. The van der Waals surface area contributed by atoms with Crippen molar-refractivity contribution in [1.29, 1.82) is 0 Å². The summed E-state index contributed by atoms with van der Waals surface area (Å²) in [6.45, 7) is 1.75. The monoisotopic (exact) mass is 328 g/mol. The predicted molar refractivity (Wildman–Crippen MR) is 87.8 cm³/mol. The van der Waals surface area contributed by atoms with Crippen molar-refractivity contribution in [3.63, 3.8) is 0 Å². The van der Waals surface area contributed by atoms with Gasteiger partial charge in [-0.25, -0.2) is 14.6 Å². The number of hydrogen-bond donors (Lipinski definition) is 2. The van der Waals surface area contributed by atoms with Crippen LogP contribution in [0.2, 0.25) is 0 Å². The molecule has 0 radical (unpaired) electrons. The topological polar surface area (TPSA) is 87.5 Å². The summed E-state index contributed by atoms with van der Waals surface area (Å²) in [5.41, 5.74) is 1.11. The maximum absolute atomic E-state index is 12.3. The van der Waals surface area contributed by atoms with E-state index in [2.05, 4.69) is 10.3 Å². The van der Waals surface area contributed by atoms with E-state index >= 15 is 0 Å². The number of carboxylic acids is 1. The molecular formula is C17H20N4O3. The molecule has 1 aliphatic heterocycles. The number of amides is 2. The number of hydrogen-bond acceptors (Lipinski definition) is 3. The Labute approximate surface area is 139 Å². The van der Waals surface area contributed by atoms with E-state index in [1.54, 1.807) is 23.2 Å². The molecule has 2 amide bonds. The molecule has 1 atom stereocenters. The smallest absolute Gasteiger partial charge is 0.335 e. The lowest BCUT2D eigenvalue weighted by Gasteiger charge is -2.17. The minimum absolute atomic E-state index is 0.103. The molecule has 2 aromatic rings. The van der Waals surface area contributed by atoms with E-state index < -0.39 is 5.97 Å². The maximum atomic E-state index is 12.3. The highest BCUT2D eigenvalue weighted by atomic mass is 16.4. The summed E-state index contributed by atoms with van der Waals surface area (Å²) in [7, 11) is 1.96. The largest absolute Gasteiger partial charge is 0.478 e. The van der Waals surface area contributed by atoms with Crippen molar-refractivity contribution in [2.75, 3.05) is 13.1 Å². The van der Waals surface area contributed by atoms with Crippen molar-refractivity contribution in [2.24, 2.45) is 7.05 Å². The van der Waals surface area contributed by atoms with Gasteiger partial charge in [-0.3, -0.25) is 0 Å². The van der Waals surface area contributed by atoms with Crippen LogP contribution in [0, 0.1) is 0 Å². The summed E-state index contributed by atoms with van der Waals surface area (Å²) >= 11 is 0. The zero-order chi connectivity index (χ0) is 17.1. The molecule has 0 aliphatic carbocycles. The van der Waals surface area contributed by atoms with E-state index in [1.165, 1.54) is 12.1 Å². The first kappa shape index (κ1) is 16.0. The van der Waals surface area contributed by atoms with E-state index in [0.717, 1.165) is 17.8 Å². The van der Waals surface area contributed by atoms with Crippen LogP contribution in [0.15, 0.2) is 36.7 Å². The molecule has 126 valence electrons. The number of aryl methyl sites for hydroxylation is 1. The van der Waals surface area contributed by atoms with Gasteiger partial charge in [0.25, 0.3) is 0 Å². The van der Waals surface area contributed by atoms with Gasteiger partial charge in [0.2, 0.25) is 0 Å². The molecule has 1 aromatic heterocycles. The number of aromatic carboxylic acids is 1. The zero-order valence-electron chi connectivity index (χ0n) is 13.5. The number of carboxylic acid groups (broad SMARTS) is 1. The second-order valence-corrected chi connectivity index (χ2v) is 5.99. The molecule has 7 nitrogen and oxygen atoms in total. The first-order valence-corrected chi connectivity index (χ1v) is 7.87. The Balaban J connectivity index is 1.52. The van der Waals surface area contributed by atoms with E-state index in [-0.39, 0.29) is 17.5 Å². The SMILES string of the molecule is Cn1ccnc1C1CCN(C(=O)NCc2ccc(C(=O)O)cc2)C1. The number of carbonyl (C=O) groups is 2. The standard InChI is InChI=1S/C17H20N4O3/c1-20-9-7-18-15(20)14-6-8-21(11-14)17(24)19-10-12-2-4-13(5-3-12)16(22)23/h2-5,7,9,14H,6,8,10-11H2,1H3,(H,19,24)(H,22,23). The molecular weight excluding hydrogens is 308 g/mol. The van der Waals surface area contributed by atoms with Gasteiger partial charge in [0, 0.05) is 45.0 Å². The zero-order valence-corrected chi connectivity index (χ0v) is 13.5. The number of benzene rings is 1. The van der Waals surface area contributed by atoms with Gasteiger partial charge in [0.1, 0.15) is 5.82 Å². The second-order valence-electron chi connectivity index (χ2n) is 5.99. The van der Waals surface area contributed by atoms with Crippen LogP contribution in [0.1, 0.15) is 34.1 Å². The van der Waals surface area contributed by atoms with Crippen LogP contribution in [0.5, 0.6) is 0 Å². The quantitative estimate of drug-likeness (QED) is 0.896. The Hall–Kier alpha value is -2.83. The van der Waals surface area contributed by atoms with Crippen molar-refractivity contribution in [3.05, 3.63) is 53.6 Å². The van der Waals surface area contributed by atoms with E-state index in [9.17, 15) is 9.59 Å². The third-order valence-corrected chi connectivity index (χ3v) is 4.34. The lowest BCUT2D eigenvalue weighted by Crippen LogP contribution is -2.38. The molecule has 1 aromatic carbocycles. The molecule has 2 heterocycles. The summed E-state index contributed by atoms with van der Waals surface area (Å²) in [6.07, 6.45) is 4.60. The summed E-state index contributed by atoms with van der Waals surface area (Å²) in [5.74, 6) is 0.322. The van der Waals surface area contributed by atoms with Gasteiger partial charge in [0.15, 0.2) is 0 Å². The Morgan fingerprint density at radius 1 is 1.33 bits per heavy atom. The fraction of sp³-hybridized carbons (Fsp3) is 0.353. The van der Waals surface area contributed by atoms with Gasteiger partial charge >= 0.3 is 12.0 Å². The van der Waals surface area contributed by atoms with Crippen LogP contribution in [0.4, 0.5) is 4.79 Å². The molecule has 0 saturated carbocycles. The minimum atomic E-state index is -0.956. The van der Waals surface area contributed by atoms with Gasteiger partial charge in [-0.2, -0.15) is 0 Å². The number of carbonyl (C=O) groups excluding carboxylic acids is 1. The fourth-order valence-corrected chi connectivity index (χ4v) is 2.98. The molecule has 1 saturated heterocycles. The van der Waals surface area contributed by atoms with Crippen LogP contribution < -0.4 is 5.32 Å². The second kappa shape index (κ2) is 6.74. The molecule has 7 heteroatoms. The number of aromatic nitrogens is 2. The lowest BCUT2D eigenvalue weighted by atomic mass is 10.1. The molecule has 1 fully saturated rings. The minimum Gasteiger partial charge on any atom is -0.478 e. The highest BCUT2D eigenvalue weighted by Crippen LogP contribution is 2.25. The van der Waals surface area contributed by atoms with Crippen molar-refractivity contribution in [3.8, 4) is 0 Å². The van der Waals surface area contributed by atoms with Crippen molar-refractivity contribution in [1.82, 2.24) is 19.8 Å². The lowest BCUT2D eigenvalue weighted by molar-refractivity contribution is 0.0697. The van der Waals surface area contributed by atoms with Crippen molar-refractivity contribution in [2.45, 2.75) is 18.9 Å². The first-order valence-electron chi connectivity index (χ1n) is 7.87. The summed E-state index contributed by atoms with van der Waals surface area (Å²) in [6, 6.07) is 6.40. The predicted octanol–water partition coefficient (Wildman–Crippen LogP) is 1.82. The van der Waals surface area contributed by atoms with Gasteiger partial charge in [0.05, 0.1) is 5.56 Å². The number of nitrogens with one attached hydrogen (secondary N) is 1. The summed E-state index contributed by atoms with van der Waals surface area (Å²) < 4.78 is 2.00. The first-order chi connectivity index (χ1) is 11.5. The Bertz CT molecular complexity index is 739. The number of urea groups is 1. The average Bonchev–Trinajstić information content (AvgIpc) is 3.21. The molecule has 1 aliphatic rings. The van der Waals surface area contributed by atoms with Crippen LogP contribution in [0.25, 0.3) is 0 Å². The van der Waals surface area contributed by atoms with E-state index in [4.69, 9.17) is 5.11 Å². The molecule has 3 rings (SSSR count). The Morgan fingerprint density at radius 3 is 2.71 bits per heavy atom. The van der Waals surface area contributed by atoms with Crippen LogP contribution in [-0.4, -0.2) is 44.6 Å². The Kier molecular flexibility index (Phi) is 4.50. The third kappa shape index (κ3) is 3.40. The number of imidazole rings is 1. The third-order valence-electron chi connectivity index (χ3n) is 4.34. The number of likely N-dealkylation sites (tertiary alicyclic amines) is 1. The van der Waals surface area contributed by atoms with Crippen LogP contribution >= 0.6 is 0 Å². The van der Waals surface area contributed by atoms with E-state index in [0.29, 0.717) is 19.6 Å².